The summed E-state index contributed by atoms with van der Waals surface area (Å²) in [5.74, 6) is -0.868. The Kier molecular flexibility index (Phi) is 4.35. The molecule has 1 aliphatic rings. The summed E-state index contributed by atoms with van der Waals surface area (Å²) in [6.07, 6.45) is 1.34. The maximum Gasteiger partial charge on any atom is 0.351 e. The number of nitrogens with zero attached hydrogens (tertiary/aromatic N) is 2. The van der Waals surface area contributed by atoms with Crippen LogP contribution in [0, 0.1) is 5.92 Å². The molecule has 110 valence electrons. The first-order valence-electron chi connectivity index (χ1n) is 6.34. The van der Waals surface area contributed by atoms with E-state index in [0.717, 1.165) is 0 Å². The SMILES string of the molecule is Nc1ccn([C@H]2C[C@H](CCC(=O)O)[C@@H](CO)O2)c(=O)n1. The number of carboxylic acids is 1. The standard InChI is InChI=1S/C12H17N3O5/c13-9-3-4-15(12(19)14-9)10-5-7(1-2-11(17)18)8(6-16)20-10/h3-4,7-8,10,16H,1-2,5-6H2,(H,17,18)(H2,13,14,19)/t7-,8+,10+/m0/s1. The molecule has 8 nitrogen and oxygen atoms in total. The first kappa shape index (κ1) is 14.5. The van der Waals surface area contributed by atoms with Gasteiger partial charge in [0.25, 0.3) is 0 Å². The molecule has 8 heteroatoms. The Labute approximate surface area is 114 Å². The molecule has 0 radical (unpaired) electrons. The first-order chi connectivity index (χ1) is 9.51. The number of aromatic nitrogens is 2. The van der Waals surface area contributed by atoms with Gasteiger partial charge in [0.15, 0.2) is 0 Å². The number of carbonyl (C=O) groups is 1. The third kappa shape index (κ3) is 3.14. The minimum atomic E-state index is -0.892. The fourth-order valence-electron chi connectivity index (χ4n) is 2.41. The Hall–Kier alpha value is -1.93. The zero-order chi connectivity index (χ0) is 14.7. The predicted octanol–water partition coefficient (Wildman–Crippen LogP) is -0.414. The van der Waals surface area contributed by atoms with Gasteiger partial charge in [-0.3, -0.25) is 9.36 Å². The maximum atomic E-state index is 11.7. The van der Waals surface area contributed by atoms with Crippen LogP contribution in [0.3, 0.4) is 0 Å². The summed E-state index contributed by atoms with van der Waals surface area (Å²) in [4.78, 5) is 26.0. The number of anilines is 1. The van der Waals surface area contributed by atoms with Crippen molar-refractivity contribution in [3.05, 3.63) is 22.7 Å². The van der Waals surface area contributed by atoms with Crippen LogP contribution in [-0.4, -0.2) is 38.4 Å². The lowest BCUT2D eigenvalue weighted by atomic mass is 9.95. The zero-order valence-corrected chi connectivity index (χ0v) is 10.8. The number of rotatable bonds is 5. The van der Waals surface area contributed by atoms with Crippen molar-refractivity contribution >= 4 is 11.8 Å². The van der Waals surface area contributed by atoms with Crippen molar-refractivity contribution in [3.63, 3.8) is 0 Å². The molecule has 0 aliphatic carbocycles. The van der Waals surface area contributed by atoms with E-state index in [9.17, 15) is 14.7 Å². The van der Waals surface area contributed by atoms with Crippen LogP contribution in [0.1, 0.15) is 25.5 Å². The van der Waals surface area contributed by atoms with E-state index in [4.69, 9.17) is 15.6 Å². The zero-order valence-electron chi connectivity index (χ0n) is 10.8. The van der Waals surface area contributed by atoms with Crippen LogP contribution in [0.15, 0.2) is 17.1 Å². The van der Waals surface area contributed by atoms with Crippen LogP contribution in [0.25, 0.3) is 0 Å². The molecule has 0 amide bonds. The van der Waals surface area contributed by atoms with E-state index >= 15 is 0 Å². The second kappa shape index (κ2) is 6.02. The molecule has 1 aliphatic heterocycles. The van der Waals surface area contributed by atoms with Crippen LogP contribution >= 0.6 is 0 Å². The van der Waals surface area contributed by atoms with E-state index in [1.54, 1.807) is 0 Å². The molecule has 1 aromatic rings. The summed E-state index contributed by atoms with van der Waals surface area (Å²) >= 11 is 0. The Morgan fingerprint density at radius 1 is 1.60 bits per heavy atom. The number of hydrogen-bond donors (Lipinski definition) is 3. The fourth-order valence-corrected chi connectivity index (χ4v) is 2.41. The van der Waals surface area contributed by atoms with E-state index in [0.29, 0.717) is 12.8 Å². The topological polar surface area (TPSA) is 128 Å². The van der Waals surface area contributed by atoms with Crippen molar-refractivity contribution in [3.8, 4) is 0 Å². The lowest BCUT2D eigenvalue weighted by molar-refractivity contribution is -0.137. The van der Waals surface area contributed by atoms with E-state index < -0.39 is 24.0 Å². The molecule has 4 N–H and O–H groups in total. The van der Waals surface area contributed by atoms with Crippen molar-refractivity contribution in [2.75, 3.05) is 12.3 Å². The number of carboxylic acid groups (broad SMARTS) is 1. The number of aliphatic carboxylic acids is 1. The quantitative estimate of drug-likeness (QED) is 0.670. The molecule has 20 heavy (non-hydrogen) atoms. The highest BCUT2D eigenvalue weighted by molar-refractivity contribution is 5.66. The third-order valence-corrected chi connectivity index (χ3v) is 3.43. The Morgan fingerprint density at radius 3 is 2.95 bits per heavy atom. The molecule has 0 bridgehead atoms. The minimum absolute atomic E-state index is 0.00608. The van der Waals surface area contributed by atoms with Gasteiger partial charge in [-0.15, -0.1) is 0 Å². The van der Waals surface area contributed by atoms with E-state index in [1.807, 2.05) is 0 Å². The molecular weight excluding hydrogens is 266 g/mol. The molecule has 0 spiro atoms. The van der Waals surface area contributed by atoms with Gasteiger partial charge in [-0.2, -0.15) is 4.98 Å². The largest absolute Gasteiger partial charge is 0.481 e. The Morgan fingerprint density at radius 2 is 2.35 bits per heavy atom. The van der Waals surface area contributed by atoms with Crippen molar-refractivity contribution in [1.29, 1.82) is 0 Å². The van der Waals surface area contributed by atoms with Gasteiger partial charge in [-0.1, -0.05) is 0 Å². The van der Waals surface area contributed by atoms with Crippen LogP contribution in [0.5, 0.6) is 0 Å². The number of aliphatic hydroxyl groups is 1. The van der Waals surface area contributed by atoms with E-state index in [1.165, 1.54) is 16.8 Å². The molecule has 3 atom stereocenters. The highest BCUT2D eigenvalue weighted by Crippen LogP contribution is 2.35. The van der Waals surface area contributed by atoms with Gasteiger partial charge in [-0.05, 0) is 24.8 Å². The van der Waals surface area contributed by atoms with E-state index in [-0.39, 0.29) is 24.8 Å². The molecule has 1 aromatic heterocycles. The van der Waals surface area contributed by atoms with Gasteiger partial charge in [0.05, 0.1) is 12.7 Å². The van der Waals surface area contributed by atoms with Crippen molar-refractivity contribution < 1.29 is 19.7 Å². The number of nitrogen functional groups attached to an aromatic ring is 1. The van der Waals surface area contributed by atoms with E-state index in [2.05, 4.69) is 4.98 Å². The number of aliphatic hydroxyl groups excluding tert-OH is 1. The van der Waals surface area contributed by atoms with Gasteiger partial charge in [0.1, 0.15) is 12.0 Å². The third-order valence-electron chi connectivity index (χ3n) is 3.43. The summed E-state index contributed by atoms with van der Waals surface area (Å²) in [6, 6.07) is 1.49. The fraction of sp³-hybridized carbons (Fsp3) is 0.583. The lowest BCUT2D eigenvalue weighted by Crippen LogP contribution is -2.27. The summed E-state index contributed by atoms with van der Waals surface area (Å²) in [5, 5.41) is 18.0. The molecule has 2 rings (SSSR count). The minimum Gasteiger partial charge on any atom is -0.481 e. The highest BCUT2D eigenvalue weighted by Gasteiger charge is 2.36. The van der Waals surface area contributed by atoms with Gasteiger partial charge in [-0.25, -0.2) is 4.79 Å². The van der Waals surface area contributed by atoms with Crippen molar-refractivity contribution in [1.82, 2.24) is 9.55 Å². The summed E-state index contributed by atoms with van der Waals surface area (Å²) in [7, 11) is 0. The molecular formula is C12H17N3O5. The van der Waals surface area contributed by atoms with Crippen LogP contribution in [-0.2, 0) is 9.53 Å². The smallest absolute Gasteiger partial charge is 0.351 e. The molecule has 1 saturated heterocycles. The monoisotopic (exact) mass is 283 g/mol. The van der Waals surface area contributed by atoms with Gasteiger partial charge in [0.2, 0.25) is 0 Å². The normalized spacial score (nSPS) is 25.8. The van der Waals surface area contributed by atoms with Crippen molar-refractivity contribution in [2.45, 2.75) is 31.6 Å². The van der Waals surface area contributed by atoms with Crippen LogP contribution < -0.4 is 11.4 Å². The Balaban J connectivity index is 2.11. The van der Waals surface area contributed by atoms with Crippen LogP contribution in [0.2, 0.25) is 0 Å². The average Bonchev–Trinajstić information content (AvgIpc) is 2.79. The highest BCUT2D eigenvalue weighted by atomic mass is 16.5. The van der Waals surface area contributed by atoms with Crippen LogP contribution in [0.4, 0.5) is 5.82 Å². The second-order valence-electron chi connectivity index (χ2n) is 4.78. The molecule has 0 saturated carbocycles. The second-order valence-corrected chi connectivity index (χ2v) is 4.78. The number of ether oxygens (including phenoxy) is 1. The number of hydrogen-bond acceptors (Lipinski definition) is 6. The molecule has 2 heterocycles. The molecule has 0 aromatic carbocycles. The predicted molar refractivity (Wildman–Crippen MR) is 68.9 cm³/mol. The van der Waals surface area contributed by atoms with Gasteiger partial charge >= 0.3 is 11.7 Å². The molecule has 1 fully saturated rings. The summed E-state index contributed by atoms with van der Waals surface area (Å²) in [6.45, 7) is -0.210. The number of nitrogens with two attached hydrogens (primary N) is 1. The summed E-state index contributed by atoms with van der Waals surface area (Å²) in [5.41, 5.74) is 4.89. The first-order valence-corrected chi connectivity index (χ1v) is 6.34. The Bertz CT molecular complexity index is 544. The van der Waals surface area contributed by atoms with Gasteiger partial charge in [0, 0.05) is 12.6 Å². The van der Waals surface area contributed by atoms with Gasteiger partial charge < -0.3 is 20.7 Å². The summed E-state index contributed by atoms with van der Waals surface area (Å²) < 4.78 is 6.91. The maximum absolute atomic E-state index is 11.7. The lowest BCUT2D eigenvalue weighted by Gasteiger charge is -2.15. The average molecular weight is 283 g/mol. The molecule has 0 unspecified atom stereocenters. The van der Waals surface area contributed by atoms with Crippen molar-refractivity contribution in [2.24, 2.45) is 5.92 Å².